The van der Waals surface area contributed by atoms with Crippen LogP contribution in [-0.4, -0.2) is 68.1 Å². The molecule has 0 spiro atoms. The number of piperidine rings is 2. The Morgan fingerprint density at radius 2 is 2.00 bits per heavy atom. The minimum Gasteiger partial charge on any atom is -0.356 e. The topological polar surface area (TPSA) is 42.9 Å². The van der Waals surface area contributed by atoms with Gasteiger partial charge in [0, 0.05) is 49.7 Å². The maximum atomic E-state index is 4.51. The van der Waals surface area contributed by atoms with E-state index in [4.69, 9.17) is 0 Å². The summed E-state index contributed by atoms with van der Waals surface area (Å²) >= 11 is 1.89. The molecule has 5 nitrogen and oxygen atoms in total. The molecule has 6 heteroatoms. The third-order valence-electron chi connectivity index (χ3n) is 6.53. The summed E-state index contributed by atoms with van der Waals surface area (Å²) in [4.78, 5) is 11.2. The first kappa shape index (κ1) is 19.2. The largest absolute Gasteiger partial charge is 0.356 e. The summed E-state index contributed by atoms with van der Waals surface area (Å²) in [6, 6.07) is 6.48. The SMILES string of the molecule is CN=C(NCC1CCCN(C)C1c1cccs1)NC1CCN(C2CC2)CC1. The van der Waals surface area contributed by atoms with Crippen LogP contribution in [0.5, 0.6) is 0 Å². The minimum atomic E-state index is 0.533. The predicted molar refractivity (Wildman–Crippen MR) is 115 cm³/mol. The van der Waals surface area contributed by atoms with Crippen LogP contribution in [0, 0.1) is 5.92 Å². The number of thiophene rings is 1. The molecule has 3 heterocycles. The molecule has 2 atom stereocenters. The molecule has 1 aromatic heterocycles. The lowest BCUT2D eigenvalue weighted by Crippen LogP contribution is -2.50. The first-order valence-electron chi connectivity index (χ1n) is 10.7. The zero-order valence-corrected chi connectivity index (χ0v) is 17.7. The molecule has 150 valence electrons. The van der Waals surface area contributed by atoms with Crippen molar-refractivity contribution >= 4 is 17.3 Å². The molecule has 0 bridgehead atoms. The van der Waals surface area contributed by atoms with Gasteiger partial charge in [-0.25, -0.2) is 0 Å². The van der Waals surface area contributed by atoms with Crippen LogP contribution < -0.4 is 10.6 Å². The molecule has 0 radical (unpaired) electrons. The maximum Gasteiger partial charge on any atom is 0.191 e. The highest BCUT2D eigenvalue weighted by Gasteiger charge is 2.33. The lowest BCUT2D eigenvalue weighted by molar-refractivity contribution is 0.125. The summed E-state index contributed by atoms with van der Waals surface area (Å²) in [6.45, 7) is 4.68. The number of rotatable bonds is 5. The van der Waals surface area contributed by atoms with Gasteiger partial charge >= 0.3 is 0 Å². The fourth-order valence-electron chi connectivity index (χ4n) is 4.85. The van der Waals surface area contributed by atoms with E-state index in [2.05, 4.69) is 50.0 Å². The van der Waals surface area contributed by atoms with Gasteiger partial charge in [-0.15, -0.1) is 11.3 Å². The molecule has 2 aliphatic heterocycles. The molecule has 4 rings (SSSR count). The fraction of sp³-hybridized carbons (Fsp3) is 0.762. The van der Waals surface area contributed by atoms with Gasteiger partial charge in [-0.3, -0.25) is 9.89 Å². The average Bonchev–Trinajstić information content (AvgIpc) is 3.40. The van der Waals surface area contributed by atoms with Crippen molar-refractivity contribution in [2.24, 2.45) is 10.9 Å². The Labute approximate surface area is 168 Å². The average molecular weight is 390 g/mol. The number of hydrogen-bond donors (Lipinski definition) is 2. The van der Waals surface area contributed by atoms with Crippen molar-refractivity contribution in [1.29, 1.82) is 0 Å². The normalized spacial score (nSPS) is 29.0. The maximum absolute atomic E-state index is 4.51. The molecule has 27 heavy (non-hydrogen) atoms. The second-order valence-electron chi connectivity index (χ2n) is 8.48. The van der Waals surface area contributed by atoms with E-state index >= 15 is 0 Å². The van der Waals surface area contributed by atoms with Crippen LogP contribution in [0.3, 0.4) is 0 Å². The first-order valence-corrected chi connectivity index (χ1v) is 11.6. The molecular weight excluding hydrogens is 354 g/mol. The molecular formula is C21H35N5S. The van der Waals surface area contributed by atoms with Crippen molar-refractivity contribution in [2.45, 2.75) is 56.7 Å². The second kappa shape index (κ2) is 8.93. The molecule has 1 aliphatic carbocycles. The molecule has 2 saturated heterocycles. The van der Waals surface area contributed by atoms with E-state index in [1.54, 1.807) is 0 Å². The molecule has 3 fully saturated rings. The smallest absolute Gasteiger partial charge is 0.191 e. The van der Waals surface area contributed by atoms with E-state index in [0.29, 0.717) is 18.0 Å². The highest BCUT2D eigenvalue weighted by Crippen LogP contribution is 2.36. The second-order valence-corrected chi connectivity index (χ2v) is 9.46. The number of nitrogens with one attached hydrogen (secondary N) is 2. The third kappa shape index (κ3) is 4.84. The van der Waals surface area contributed by atoms with E-state index in [1.807, 2.05) is 18.4 Å². The Hall–Kier alpha value is -1.11. The molecule has 2 unspecified atom stereocenters. The number of nitrogens with zero attached hydrogens (tertiary/aromatic N) is 3. The number of aliphatic imine (C=N–C) groups is 1. The summed E-state index contributed by atoms with van der Waals surface area (Å²) in [5.41, 5.74) is 0. The highest BCUT2D eigenvalue weighted by atomic mass is 32.1. The molecule has 2 N–H and O–H groups in total. The van der Waals surface area contributed by atoms with Gasteiger partial charge in [0.15, 0.2) is 5.96 Å². The van der Waals surface area contributed by atoms with Gasteiger partial charge < -0.3 is 15.5 Å². The Morgan fingerprint density at radius 3 is 2.67 bits per heavy atom. The first-order chi connectivity index (χ1) is 13.2. The quantitative estimate of drug-likeness (QED) is 0.600. The number of guanidine groups is 1. The minimum absolute atomic E-state index is 0.533. The van der Waals surface area contributed by atoms with Gasteiger partial charge in [0.2, 0.25) is 0 Å². The zero-order valence-electron chi connectivity index (χ0n) is 16.9. The lowest BCUT2D eigenvalue weighted by Gasteiger charge is -2.39. The van der Waals surface area contributed by atoms with Crippen molar-refractivity contribution < 1.29 is 0 Å². The van der Waals surface area contributed by atoms with Crippen LogP contribution >= 0.6 is 11.3 Å². The molecule has 1 saturated carbocycles. The van der Waals surface area contributed by atoms with Gasteiger partial charge in [0.05, 0.1) is 0 Å². The Balaban J connectivity index is 1.28. The van der Waals surface area contributed by atoms with Crippen molar-refractivity contribution in [3.05, 3.63) is 22.4 Å². The van der Waals surface area contributed by atoms with Crippen LogP contribution in [0.25, 0.3) is 0 Å². The van der Waals surface area contributed by atoms with E-state index in [9.17, 15) is 0 Å². The molecule has 0 amide bonds. The number of hydrogen-bond acceptors (Lipinski definition) is 4. The van der Waals surface area contributed by atoms with Crippen molar-refractivity contribution in [3.63, 3.8) is 0 Å². The zero-order chi connectivity index (χ0) is 18.6. The van der Waals surface area contributed by atoms with Crippen LogP contribution in [0.1, 0.15) is 49.4 Å². The standard InChI is InChI=1S/C21H35N5S/c1-22-21(24-17-9-12-26(13-10-17)18-7-8-18)23-15-16-5-3-11-25(2)20(16)19-6-4-14-27-19/h4,6,14,16-18,20H,3,5,7-13,15H2,1-2H3,(H2,22,23,24). The van der Waals surface area contributed by atoms with Crippen LogP contribution in [0.15, 0.2) is 22.5 Å². The Morgan fingerprint density at radius 1 is 1.19 bits per heavy atom. The Bertz CT molecular complexity index is 604. The summed E-state index contributed by atoms with van der Waals surface area (Å²) in [5, 5.41) is 9.54. The summed E-state index contributed by atoms with van der Waals surface area (Å²) in [5.74, 6) is 1.62. The summed E-state index contributed by atoms with van der Waals surface area (Å²) < 4.78 is 0. The molecule has 3 aliphatic rings. The van der Waals surface area contributed by atoms with Gasteiger partial charge in [0.25, 0.3) is 0 Å². The third-order valence-corrected chi connectivity index (χ3v) is 7.47. The lowest BCUT2D eigenvalue weighted by atomic mass is 9.88. The molecule has 1 aromatic rings. The van der Waals surface area contributed by atoms with Crippen molar-refractivity contribution in [3.8, 4) is 0 Å². The van der Waals surface area contributed by atoms with Crippen molar-refractivity contribution in [1.82, 2.24) is 20.4 Å². The summed E-state index contributed by atoms with van der Waals surface area (Å²) in [7, 11) is 4.18. The van der Waals surface area contributed by atoms with Gasteiger partial charge in [-0.2, -0.15) is 0 Å². The van der Waals surface area contributed by atoms with E-state index in [-0.39, 0.29) is 0 Å². The summed E-state index contributed by atoms with van der Waals surface area (Å²) in [6.07, 6.45) is 7.89. The van der Waals surface area contributed by atoms with E-state index in [1.165, 1.54) is 63.0 Å². The monoisotopic (exact) mass is 389 g/mol. The van der Waals surface area contributed by atoms with Crippen molar-refractivity contribution in [2.75, 3.05) is 40.3 Å². The fourth-order valence-corrected chi connectivity index (χ4v) is 5.83. The van der Waals surface area contributed by atoms with Gasteiger partial charge in [-0.05, 0) is 69.5 Å². The van der Waals surface area contributed by atoms with Crippen LogP contribution in [0.4, 0.5) is 0 Å². The Kier molecular flexibility index (Phi) is 6.35. The van der Waals surface area contributed by atoms with Crippen LogP contribution in [0.2, 0.25) is 0 Å². The molecule has 0 aromatic carbocycles. The van der Waals surface area contributed by atoms with Gasteiger partial charge in [-0.1, -0.05) is 6.07 Å². The van der Waals surface area contributed by atoms with E-state index < -0.39 is 0 Å². The van der Waals surface area contributed by atoms with Crippen LogP contribution in [-0.2, 0) is 0 Å². The highest BCUT2D eigenvalue weighted by molar-refractivity contribution is 7.10. The predicted octanol–water partition coefficient (Wildman–Crippen LogP) is 2.92. The van der Waals surface area contributed by atoms with E-state index in [0.717, 1.165) is 18.5 Å². The number of likely N-dealkylation sites (tertiary alicyclic amines) is 2. The van der Waals surface area contributed by atoms with Gasteiger partial charge in [0.1, 0.15) is 0 Å².